The van der Waals surface area contributed by atoms with Crippen molar-refractivity contribution >= 4 is 47.9 Å². The third-order valence-electron chi connectivity index (χ3n) is 0.638. The maximum atomic E-state index is 2.28. The molecule has 0 unspecified atom stereocenters. The van der Waals surface area contributed by atoms with Gasteiger partial charge in [-0.25, -0.2) is 0 Å². The molecule has 0 saturated heterocycles. The average molecular weight is 338 g/mol. The van der Waals surface area contributed by atoms with Crippen LogP contribution in [-0.2, 0) is 0 Å². The van der Waals surface area contributed by atoms with Crippen LogP contribution in [0.4, 0.5) is 0 Å². The molecule has 4 heteroatoms. The molecule has 0 aromatic heterocycles. The second-order valence-electron chi connectivity index (χ2n) is 1.63. The summed E-state index contributed by atoms with van der Waals surface area (Å²) in [5.74, 6) is 2.47. The molecule has 0 amide bonds. The maximum absolute atomic E-state index is 2.28. The van der Waals surface area contributed by atoms with Crippen LogP contribution in [0, 0.1) is 0 Å². The fourth-order valence-electron chi connectivity index (χ4n) is 0.333. The van der Waals surface area contributed by atoms with Crippen LogP contribution in [0.2, 0.25) is 10.6 Å². The summed E-state index contributed by atoms with van der Waals surface area (Å²) in [6.07, 6.45) is 0. The molecule has 0 aliphatic rings. The first-order valence-corrected chi connectivity index (χ1v) is 13.6. The first-order chi connectivity index (χ1) is 5.83. The van der Waals surface area contributed by atoms with E-state index in [9.17, 15) is 0 Å². The van der Waals surface area contributed by atoms with Gasteiger partial charge >= 0.3 is 50.7 Å². The normalized spacial score (nSPS) is 9.00. The summed E-state index contributed by atoms with van der Waals surface area (Å²) in [6, 6.07) is 0. The molecule has 76 valence electrons. The van der Waals surface area contributed by atoms with Gasteiger partial charge in [-0.2, -0.15) is 0 Å². The molecule has 0 rings (SSSR count). The topological polar surface area (TPSA) is 0 Å². The van der Waals surface area contributed by atoms with Crippen molar-refractivity contribution in [3.05, 3.63) is 0 Å². The molecule has 0 saturated carbocycles. The summed E-state index contributed by atoms with van der Waals surface area (Å²) in [5.41, 5.74) is 0. The molecule has 0 radical (unpaired) electrons. The Balaban J connectivity index is 0. The summed E-state index contributed by atoms with van der Waals surface area (Å²) in [5, 5.41) is 2.89. The van der Waals surface area contributed by atoms with Crippen molar-refractivity contribution in [2.24, 2.45) is 0 Å². The zero-order chi connectivity index (χ0) is 9.66. The van der Waals surface area contributed by atoms with Crippen molar-refractivity contribution in [1.29, 1.82) is 0 Å². The van der Waals surface area contributed by atoms with E-state index in [1.165, 1.54) is 22.1 Å². The van der Waals surface area contributed by atoms with Crippen LogP contribution in [0.25, 0.3) is 0 Å². The van der Waals surface area contributed by atoms with E-state index in [1.54, 1.807) is 0 Å². The van der Waals surface area contributed by atoms with Crippen molar-refractivity contribution in [3.63, 3.8) is 0 Å². The average Bonchev–Trinajstić information content (AvgIpc) is 2.12. The summed E-state index contributed by atoms with van der Waals surface area (Å²) >= 11 is 2.06. The monoisotopic (exact) mass is 340 g/mol. The molecule has 0 atom stereocenters. The van der Waals surface area contributed by atoms with E-state index in [0.29, 0.717) is 0 Å². The predicted molar refractivity (Wildman–Crippen MR) is 68.7 cm³/mol. The Morgan fingerprint density at radius 2 is 1.08 bits per heavy atom. The van der Waals surface area contributed by atoms with Gasteiger partial charge in [-0.15, -0.1) is 0 Å². The molecule has 12 heavy (non-hydrogen) atoms. The van der Waals surface area contributed by atoms with Gasteiger partial charge in [-0.1, -0.05) is 35.4 Å². The second kappa shape index (κ2) is 18.5. The van der Waals surface area contributed by atoms with Crippen molar-refractivity contribution in [2.75, 3.05) is 11.5 Å². The van der Waals surface area contributed by atoms with Crippen molar-refractivity contribution < 1.29 is 0 Å². The molecule has 0 aliphatic carbocycles. The van der Waals surface area contributed by atoms with Gasteiger partial charge in [-0.3, -0.25) is 0 Å². The van der Waals surface area contributed by atoms with E-state index in [2.05, 4.69) is 27.7 Å². The van der Waals surface area contributed by atoms with Gasteiger partial charge < -0.3 is 0 Å². The molecular weight excluding hydrogens is 318 g/mol. The van der Waals surface area contributed by atoms with Crippen molar-refractivity contribution in [3.8, 4) is 0 Å². The van der Waals surface area contributed by atoms with Gasteiger partial charge in [0.15, 0.2) is 0 Å². The van der Waals surface area contributed by atoms with Crippen LogP contribution in [-0.4, -0.2) is 37.8 Å². The van der Waals surface area contributed by atoms with E-state index < -0.39 is 0 Å². The summed E-state index contributed by atoms with van der Waals surface area (Å²) in [7, 11) is 3.85. The Morgan fingerprint density at radius 3 is 1.25 bits per heavy atom. The summed E-state index contributed by atoms with van der Waals surface area (Å²) in [6.45, 7) is 8.90. The third kappa shape index (κ3) is 22.6. The molecular formula is C8H20S2Se2. The molecule has 0 spiro atoms. The van der Waals surface area contributed by atoms with Gasteiger partial charge in [0.1, 0.15) is 0 Å². The number of rotatable bonds is 6. The van der Waals surface area contributed by atoms with Crippen LogP contribution in [0.1, 0.15) is 27.7 Å². The zero-order valence-electron chi connectivity index (χ0n) is 8.46. The molecule has 0 fully saturated rings. The van der Waals surface area contributed by atoms with Gasteiger partial charge in [0.05, 0.1) is 0 Å². The molecule has 0 aromatic rings. The first kappa shape index (κ1) is 16.2. The summed E-state index contributed by atoms with van der Waals surface area (Å²) < 4.78 is 0. The van der Waals surface area contributed by atoms with Gasteiger partial charge in [0.25, 0.3) is 0 Å². The SMILES string of the molecule is CCSSCC.CC[Se][Se]CC. The van der Waals surface area contributed by atoms with Crippen LogP contribution in [0.15, 0.2) is 0 Å². The fraction of sp³-hybridized carbons (Fsp3) is 1.00. The van der Waals surface area contributed by atoms with E-state index in [-0.39, 0.29) is 0 Å². The minimum atomic E-state index is 1.03. The van der Waals surface area contributed by atoms with Crippen LogP contribution in [0.5, 0.6) is 0 Å². The zero-order valence-corrected chi connectivity index (χ0v) is 13.5. The fourth-order valence-corrected chi connectivity index (χ4v) is 6.00. The van der Waals surface area contributed by atoms with Crippen molar-refractivity contribution in [1.82, 2.24) is 0 Å². The van der Waals surface area contributed by atoms with E-state index in [0.717, 1.165) is 26.3 Å². The molecule has 0 aromatic carbocycles. The van der Waals surface area contributed by atoms with Crippen LogP contribution in [0.3, 0.4) is 0 Å². The number of hydrogen-bond acceptors (Lipinski definition) is 2. The van der Waals surface area contributed by atoms with Crippen molar-refractivity contribution in [2.45, 2.75) is 38.3 Å². The third-order valence-corrected chi connectivity index (χ3v) is 11.5. The molecule has 0 bridgehead atoms. The molecule has 0 N–H and O–H groups in total. The minimum absolute atomic E-state index is 1.03. The van der Waals surface area contributed by atoms with E-state index in [1.807, 2.05) is 21.6 Å². The Morgan fingerprint density at radius 1 is 0.750 bits per heavy atom. The standard InChI is InChI=1S/C4H10S2.C4H10Se2/c2*1-3-5-6-4-2/h2*3-4H2,1-2H3. The second-order valence-corrected chi connectivity index (χ2v) is 13.2. The predicted octanol–water partition coefficient (Wildman–Crippen LogP) is 3.59. The summed E-state index contributed by atoms with van der Waals surface area (Å²) in [4.78, 5) is 0. The molecule has 0 nitrogen and oxygen atoms in total. The molecule has 0 heterocycles. The quantitative estimate of drug-likeness (QED) is 0.412. The first-order valence-electron chi connectivity index (χ1n) is 4.32. The van der Waals surface area contributed by atoms with Crippen LogP contribution >= 0.6 is 21.6 Å². The number of hydrogen-bond donors (Lipinski definition) is 0. The van der Waals surface area contributed by atoms with E-state index >= 15 is 0 Å². The Kier molecular flexibility index (Phi) is 25.0. The Labute approximate surface area is 97.1 Å². The van der Waals surface area contributed by atoms with Gasteiger partial charge in [0.2, 0.25) is 0 Å². The van der Waals surface area contributed by atoms with Gasteiger partial charge in [-0.05, 0) is 0 Å². The van der Waals surface area contributed by atoms with Crippen LogP contribution < -0.4 is 0 Å². The Hall–Kier alpha value is 1.74. The molecule has 0 aliphatic heterocycles. The Bertz CT molecular complexity index is 47.0. The van der Waals surface area contributed by atoms with E-state index in [4.69, 9.17) is 0 Å². The van der Waals surface area contributed by atoms with Gasteiger partial charge in [0, 0.05) is 11.5 Å².